The maximum Gasteiger partial charge on any atom is 0.160 e. The molecule has 9 rings (SSSR count). The van der Waals surface area contributed by atoms with Crippen molar-refractivity contribution in [3.05, 3.63) is 157 Å². The third-order valence-electron chi connectivity index (χ3n) is 9.15. The van der Waals surface area contributed by atoms with Gasteiger partial charge in [-0.1, -0.05) is 121 Å². The lowest BCUT2D eigenvalue weighted by Gasteiger charge is -2.18. The van der Waals surface area contributed by atoms with E-state index in [0.717, 1.165) is 45.6 Å². The maximum atomic E-state index is 5.19. The van der Waals surface area contributed by atoms with Gasteiger partial charge in [-0.05, 0) is 85.8 Å². The minimum absolute atomic E-state index is 0.0365. The summed E-state index contributed by atoms with van der Waals surface area (Å²) >= 11 is 0. The second kappa shape index (κ2) is 10.9. The average molecular weight is 588 g/mol. The second-order valence-corrected chi connectivity index (χ2v) is 12.0. The van der Waals surface area contributed by atoms with Crippen molar-refractivity contribution in [2.24, 2.45) is 4.99 Å². The smallest absolute Gasteiger partial charge is 0.160 e. The number of benzene rings is 7. The first-order valence-corrected chi connectivity index (χ1v) is 15.8. The van der Waals surface area contributed by atoms with E-state index in [1.165, 1.54) is 37.9 Å². The van der Waals surface area contributed by atoms with Crippen LogP contribution in [0.2, 0.25) is 0 Å². The first kappa shape index (κ1) is 26.5. The topological polar surface area (TPSA) is 38.1 Å². The third-order valence-corrected chi connectivity index (χ3v) is 9.15. The first-order chi connectivity index (χ1) is 22.8. The normalized spacial score (nSPS) is 14.5. The number of hydrogen-bond acceptors (Lipinski definition) is 3. The second-order valence-electron chi connectivity index (χ2n) is 12.0. The van der Waals surface area contributed by atoms with Crippen LogP contribution < -0.4 is 0 Å². The Morgan fingerprint density at radius 1 is 0.500 bits per heavy atom. The lowest BCUT2D eigenvalue weighted by molar-refractivity contribution is 0.741. The van der Waals surface area contributed by atoms with Crippen LogP contribution in [-0.2, 0) is 0 Å². The van der Waals surface area contributed by atoms with Gasteiger partial charge >= 0.3 is 0 Å². The lowest BCUT2D eigenvalue weighted by atomic mass is 9.88. The number of aromatic nitrogens is 2. The Hall–Kier alpha value is -5.93. The van der Waals surface area contributed by atoms with Crippen LogP contribution in [0.4, 0.5) is 0 Å². The summed E-state index contributed by atoms with van der Waals surface area (Å²) in [6.07, 6.45) is 7.00. The fourth-order valence-corrected chi connectivity index (χ4v) is 6.91. The van der Waals surface area contributed by atoms with Crippen LogP contribution in [0.25, 0.3) is 77.3 Å². The summed E-state index contributed by atoms with van der Waals surface area (Å²) in [5, 5.41) is 7.68. The van der Waals surface area contributed by atoms with Gasteiger partial charge in [0.05, 0.1) is 17.4 Å². The van der Waals surface area contributed by atoms with E-state index in [2.05, 4.69) is 133 Å². The van der Waals surface area contributed by atoms with Gasteiger partial charge in [-0.15, -0.1) is 0 Å². The zero-order valence-corrected chi connectivity index (χ0v) is 25.1. The van der Waals surface area contributed by atoms with Crippen LogP contribution in [0, 0.1) is 0 Å². The van der Waals surface area contributed by atoms with Crippen LogP contribution in [0.5, 0.6) is 0 Å². The van der Waals surface area contributed by atoms with E-state index in [9.17, 15) is 0 Å². The highest BCUT2D eigenvalue weighted by atomic mass is 14.9. The van der Waals surface area contributed by atoms with Gasteiger partial charge in [-0.2, -0.15) is 0 Å². The van der Waals surface area contributed by atoms with Crippen LogP contribution in [0.15, 0.2) is 157 Å². The van der Waals surface area contributed by atoms with E-state index in [4.69, 9.17) is 15.0 Å². The monoisotopic (exact) mass is 587 g/mol. The van der Waals surface area contributed by atoms with Gasteiger partial charge in [0, 0.05) is 22.9 Å². The predicted molar refractivity (Wildman–Crippen MR) is 192 cm³/mol. The highest BCUT2D eigenvalue weighted by Gasteiger charge is 2.19. The molecule has 2 heterocycles. The molecule has 1 unspecified atom stereocenters. The molecule has 0 spiro atoms. The molecule has 7 aromatic carbocycles. The van der Waals surface area contributed by atoms with Crippen LogP contribution in [0.1, 0.15) is 18.0 Å². The number of nitrogens with zero attached hydrogens (tertiary/aromatic N) is 3. The van der Waals surface area contributed by atoms with E-state index >= 15 is 0 Å². The largest absolute Gasteiger partial charge is 0.285 e. The molecule has 0 aliphatic carbocycles. The van der Waals surface area contributed by atoms with Gasteiger partial charge in [0.2, 0.25) is 0 Å². The van der Waals surface area contributed by atoms with Crippen molar-refractivity contribution < 1.29 is 0 Å². The molecule has 0 amide bonds. The molecule has 0 fully saturated rings. The van der Waals surface area contributed by atoms with Gasteiger partial charge in [0.1, 0.15) is 0 Å². The average Bonchev–Trinajstić information content (AvgIpc) is 3.14. The summed E-state index contributed by atoms with van der Waals surface area (Å²) in [7, 11) is 0. The van der Waals surface area contributed by atoms with Crippen molar-refractivity contribution in [1.82, 2.24) is 9.97 Å². The summed E-state index contributed by atoms with van der Waals surface area (Å²) < 4.78 is 0. The highest BCUT2D eigenvalue weighted by molar-refractivity contribution is 6.25. The minimum atomic E-state index is 0.0365. The number of aliphatic imine (C=N–C) groups is 1. The molecule has 0 bridgehead atoms. The maximum absolute atomic E-state index is 5.19. The van der Waals surface area contributed by atoms with Crippen molar-refractivity contribution in [2.45, 2.75) is 12.5 Å². The zero-order chi connectivity index (χ0) is 30.5. The Morgan fingerprint density at radius 3 is 1.80 bits per heavy atom. The molecule has 3 heteroatoms. The number of rotatable bonds is 5. The third kappa shape index (κ3) is 4.56. The van der Waals surface area contributed by atoms with Gasteiger partial charge < -0.3 is 0 Å². The SMILES string of the molecule is C1=CCC(c2cc(-c3nc(-c4ccccc4)cc(-c4ccccc4)n3)cc(-c3ccc4ccc5cccc6ccc3c4c56)c2)N=C1. The van der Waals surface area contributed by atoms with Crippen molar-refractivity contribution in [2.75, 3.05) is 0 Å². The van der Waals surface area contributed by atoms with Crippen LogP contribution >= 0.6 is 0 Å². The molecule has 0 saturated carbocycles. The van der Waals surface area contributed by atoms with E-state index in [0.29, 0.717) is 5.82 Å². The van der Waals surface area contributed by atoms with E-state index in [1.807, 2.05) is 24.4 Å². The van der Waals surface area contributed by atoms with Gasteiger partial charge in [0.25, 0.3) is 0 Å². The molecular formula is C43H29N3. The Balaban J connectivity index is 1.29. The molecule has 1 atom stereocenters. The summed E-state index contributed by atoms with van der Waals surface area (Å²) in [4.78, 5) is 15.2. The molecule has 0 N–H and O–H groups in total. The van der Waals surface area contributed by atoms with Gasteiger partial charge in [-0.25, -0.2) is 9.97 Å². The molecule has 0 radical (unpaired) electrons. The van der Waals surface area contributed by atoms with Crippen LogP contribution in [-0.4, -0.2) is 16.2 Å². The summed E-state index contributed by atoms with van der Waals surface area (Å²) in [6.45, 7) is 0. The standard InChI is InChI=1S/C43H29N3/c1-3-10-28(11-4-1)39-27-40(29-12-5-2-6-13-29)46-43(45-39)35-25-33(24-34(26-35)38-16-7-8-23-44-38)36-21-19-32-18-17-30-14-9-15-31-20-22-37(36)42(32)41(30)31/h1-15,17-27,38H,16H2. The van der Waals surface area contributed by atoms with Crippen molar-refractivity contribution in [3.8, 4) is 45.0 Å². The Bertz CT molecular complexity index is 2370. The molecule has 46 heavy (non-hydrogen) atoms. The molecule has 216 valence electrons. The van der Waals surface area contributed by atoms with Crippen LogP contribution in [0.3, 0.4) is 0 Å². The van der Waals surface area contributed by atoms with Gasteiger partial charge in [0.15, 0.2) is 5.82 Å². The van der Waals surface area contributed by atoms with E-state index in [-0.39, 0.29) is 6.04 Å². The van der Waals surface area contributed by atoms with Crippen molar-refractivity contribution >= 4 is 38.5 Å². The Kier molecular flexibility index (Phi) is 6.27. The molecule has 1 aromatic heterocycles. The molecule has 3 nitrogen and oxygen atoms in total. The highest BCUT2D eigenvalue weighted by Crippen LogP contribution is 2.41. The predicted octanol–water partition coefficient (Wildman–Crippen LogP) is 11.1. The molecule has 1 aliphatic rings. The van der Waals surface area contributed by atoms with Gasteiger partial charge in [-0.3, -0.25) is 4.99 Å². The van der Waals surface area contributed by atoms with Crippen molar-refractivity contribution in [1.29, 1.82) is 0 Å². The Labute approximate surface area is 267 Å². The molecule has 1 aliphatic heterocycles. The zero-order valence-electron chi connectivity index (χ0n) is 25.1. The summed E-state index contributed by atoms with van der Waals surface area (Å²) in [5.41, 5.74) is 8.42. The quantitative estimate of drug-likeness (QED) is 0.188. The molecular weight excluding hydrogens is 558 g/mol. The number of dihydropyridines is 1. The minimum Gasteiger partial charge on any atom is -0.285 e. The molecule has 0 saturated heterocycles. The first-order valence-electron chi connectivity index (χ1n) is 15.8. The van der Waals surface area contributed by atoms with Crippen molar-refractivity contribution in [3.63, 3.8) is 0 Å². The molecule has 8 aromatic rings. The number of hydrogen-bond donors (Lipinski definition) is 0. The lowest BCUT2D eigenvalue weighted by Crippen LogP contribution is -2.01. The van der Waals surface area contributed by atoms with E-state index < -0.39 is 0 Å². The summed E-state index contributed by atoms with van der Waals surface area (Å²) in [6, 6.07) is 49.8. The van der Waals surface area contributed by atoms with E-state index in [1.54, 1.807) is 0 Å². The summed E-state index contributed by atoms with van der Waals surface area (Å²) in [5.74, 6) is 0.705. The fourth-order valence-electron chi connectivity index (χ4n) is 6.91. The number of allylic oxidation sites excluding steroid dienone is 1. The fraction of sp³-hybridized carbons (Fsp3) is 0.0465. The Morgan fingerprint density at radius 2 is 1.13 bits per heavy atom.